The molecule has 0 spiro atoms. The van der Waals surface area contributed by atoms with Crippen LogP contribution in [0.3, 0.4) is 0 Å². The molecular weight excluding hydrogens is 408 g/mol. The van der Waals surface area contributed by atoms with E-state index in [1.165, 1.54) is 0 Å². The molecule has 162 valence electrons. The number of H-pyrrole nitrogens is 1. The number of carbonyl (C=O) groups excluding carboxylic acids is 1. The van der Waals surface area contributed by atoms with Crippen LogP contribution in [0, 0.1) is 0 Å². The number of hydrogen-bond donors (Lipinski definition) is 1. The zero-order valence-electron chi connectivity index (χ0n) is 18.0. The van der Waals surface area contributed by atoms with Gasteiger partial charge in [0.15, 0.2) is 5.16 Å². The number of amides is 1. The van der Waals surface area contributed by atoms with E-state index >= 15 is 0 Å². The summed E-state index contributed by atoms with van der Waals surface area (Å²) in [7, 11) is 3.64. The molecule has 0 unspecified atom stereocenters. The number of aromatic nitrogens is 2. The SMILES string of the molecule is C=CCOc1ccccc1CN1C[C@H](Sc2nc3ccccc3[nH]2)C[C@H]1C(=O)N(C)C. The topological polar surface area (TPSA) is 61.5 Å². The fourth-order valence-electron chi connectivity index (χ4n) is 3.96. The first-order valence-electron chi connectivity index (χ1n) is 10.4. The Labute approximate surface area is 187 Å². The Kier molecular flexibility index (Phi) is 6.63. The molecule has 0 radical (unpaired) electrons. The normalized spacial score (nSPS) is 18.9. The lowest BCUT2D eigenvalue weighted by Gasteiger charge is -2.26. The Morgan fingerprint density at radius 2 is 2.06 bits per heavy atom. The number of likely N-dealkylation sites (tertiary alicyclic amines) is 1. The number of rotatable bonds is 8. The summed E-state index contributed by atoms with van der Waals surface area (Å²) in [5, 5.41) is 1.18. The first-order chi connectivity index (χ1) is 15.0. The van der Waals surface area contributed by atoms with E-state index in [-0.39, 0.29) is 17.2 Å². The van der Waals surface area contributed by atoms with Crippen LogP contribution in [-0.4, -0.2) is 64.2 Å². The Balaban J connectivity index is 1.52. The molecule has 0 aliphatic carbocycles. The molecule has 1 aromatic heterocycles. The molecule has 6 nitrogen and oxygen atoms in total. The maximum absolute atomic E-state index is 12.9. The van der Waals surface area contributed by atoms with Gasteiger partial charge in [-0.05, 0) is 24.6 Å². The Morgan fingerprint density at radius 3 is 2.84 bits per heavy atom. The average molecular weight is 437 g/mol. The van der Waals surface area contributed by atoms with Gasteiger partial charge in [0.1, 0.15) is 12.4 Å². The molecule has 4 rings (SSSR count). The van der Waals surface area contributed by atoms with Crippen LogP contribution in [0.4, 0.5) is 0 Å². The van der Waals surface area contributed by atoms with E-state index in [1.54, 1.807) is 22.7 Å². The van der Waals surface area contributed by atoms with Gasteiger partial charge in [-0.1, -0.05) is 54.7 Å². The second-order valence-electron chi connectivity index (χ2n) is 7.92. The number of nitrogens with one attached hydrogen (secondary N) is 1. The molecule has 1 saturated heterocycles. The summed E-state index contributed by atoms with van der Waals surface area (Å²) in [5.74, 6) is 0.976. The van der Waals surface area contributed by atoms with Crippen molar-refractivity contribution >= 4 is 28.7 Å². The minimum absolute atomic E-state index is 0.136. The summed E-state index contributed by atoms with van der Waals surface area (Å²) in [6, 6.07) is 15.9. The highest BCUT2D eigenvalue weighted by atomic mass is 32.2. The average Bonchev–Trinajstić information content (AvgIpc) is 3.35. The van der Waals surface area contributed by atoms with Crippen molar-refractivity contribution in [2.75, 3.05) is 27.2 Å². The molecule has 0 bridgehead atoms. The predicted octanol–water partition coefficient (Wildman–Crippen LogP) is 3.95. The fraction of sp³-hybridized carbons (Fsp3) is 0.333. The third-order valence-corrected chi connectivity index (χ3v) is 6.53. The largest absolute Gasteiger partial charge is 0.489 e. The smallest absolute Gasteiger partial charge is 0.239 e. The lowest BCUT2D eigenvalue weighted by molar-refractivity contribution is -0.133. The van der Waals surface area contributed by atoms with Gasteiger partial charge >= 0.3 is 0 Å². The highest BCUT2D eigenvalue weighted by Crippen LogP contribution is 2.34. The van der Waals surface area contributed by atoms with Gasteiger partial charge in [-0.25, -0.2) is 4.98 Å². The van der Waals surface area contributed by atoms with Gasteiger partial charge in [-0.2, -0.15) is 0 Å². The third kappa shape index (κ3) is 4.94. The van der Waals surface area contributed by atoms with Crippen LogP contribution >= 0.6 is 11.8 Å². The second kappa shape index (κ2) is 9.58. The molecule has 1 aliphatic heterocycles. The molecular formula is C24H28N4O2S. The predicted molar refractivity (Wildman–Crippen MR) is 125 cm³/mol. The van der Waals surface area contributed by atoms with Gasteiger partial charge in [-0.15, -0.1) is 0 Å². The van der Waals surface area contributed by atoms with E-state index < -0.39 is 0 Å². The number of benzene rings is 2. The summed E-state index contributed by atoms with van der Waals surface area (Å²) in [6.45, 7) is 5.66. The maximum atomic E-state index is 12.9. The van der Waals surface area contributed by atoms with Crippen LogP contribution in [0.2, 0.25) is 0 Å². The lowest BCUT2D eigenvalue weighted by atomic mass is 10.1. The van der Waals surface area contributed by atoms with Gasteiger partial charge in [-0.3, -0.25) is 9.69 Å². The highest BCUT2D eigenvalue weighted by molar-refractivity contribution is 7.99. The van der Waals surface area contributed by atoms with Crippen molar-refractivity contribution in [1.82, 2.24) is 19.8 Å². The fourth-order valence-corrected chi connectivity index (χ4v) is 5.14. The summed E-state index contributed by atoms with van der Waals surface area (Å²) in [5.41, 5.74) is 3.08. The van der Waals surface area contributed by atoms with Gasteiger partial charge < -0.3 is 14.6 Å². The second-order valence-corrected chi connectivity index (χ2v) is 9.21. The van der Waals surface area contributed by atoms with Crippen molar-refractivity contribution in [2.45, 2.75) is 29.4 Å². The van der Waals surface area contributed by atoms with E-state index in [4.69, 9.17) is 9.72 Å². The van der Waals surface area contributed by atoms with Crippen LogP contribution in [0.25, 0.3) is 11.0 Å². The summed E-state index contributed by atoms with van der Waals surface area (Å²) >= 11 is 1.72. The molecule has 1 aliphatic rings. The first-order valence-corrected chi connectivity index (χ1v) is 11.3. The van der Waals surface area contributed by atoms with Crippen molar-refractivity contribution in [2.24, 2.45) is 0 Å². The number of aromatic amines is 1. The molecule has 1 fully saturated rings. The van der Waals surface area contributed by atoms with E-state index in [1.807, 2.05) is 56.6 Å². The standard InChI is InChI=1S/C24H28N4O2S/c1-4-13-30-22-12-8-5-9-17(22)15-28-16-18(14-21(28)23(29)27(2)3)31-24-25-19-10-6-7-11-20(19)26-24/h4-12,18,21H,1,13-16H2,2-3H3,(H,25,26)/t18-,21+/m1/s1. The molecule has 2 atom stereocenters. The minimum Gasteiger partial charge on any atom is -0.489 e. The Bertz CT molecular complexity index is 1030. The molecule has 1 N–H and O–H groups in total. The number of ether oxygens (including phenoxy) is 1. The summed E-state index contributed by atoms with van der Waals surface area (Å²) in [6.07, 6.45) is 2.53. The van der Waals surface area contributed by atoms with Gasteiger partial charge in [0.25, 0.3) is 0 Å². The number of imidazole rings is 1. The van der Waals surface area contributed by atoms with Crippen LogP contribution in [-0.2, 0) is 11.3 Å². The quantitative estimate of drug-likeness (QED) is 0.542. The monoisotopic (exact) mass is 436 g/mol. The van der Waals surface area contributed by atoms with Crippen molar-refractivity contribution < 1.29 is 9.53 Å². The van der Waals surface area contributed by atoms with Gasteiger partial charge in [0, 0.05) is 38.0 Å². The van der Waals surface area contributed by atoms with Crippen molar-refractivity contribution in [1.29, 1.82) is 0 Å². The number of hydrogen-bond acceptors (Lipinski definition) is 5. The van der Waals surface area contributed by atoms with E-state index in [0.29, 0.717) is 13.2 Å². The number of thioether (sulfide) groups is 1. The Morgan fingerprint density at radius 1 is 1.29 bits per heavy atom. The highest BCUT2D eigenvalue weighted by Gasteiger charge is 2.38. The summed E-state index contributed by atoms with van der Waals surface area (Å²) in [4.78, 5) is 25.0. The number of fused-ring (bicyclic) bond motifs is 1. The lowest BCUT2D eigenvalue weighted by Crippen LogP contribution is -2.42. The van der Waals surface area contributed by atoms with Gasteiger partial charge in [0.05, 0.1) is 17.1 Å². The van der Waals surface area contributed by atoms with Crippen LogP contribution in [0.5, 0.6) is 5.75 Å². The van der Waals surface area contributed by atoms with Crippen molar-refractivity contribution in [3.63, 3.8) is 0 Å². The molecule has 31 heavy (non-hydrogen) atoms. The number of likely N-dealkylation sites (N-methyl/N-ethyl adjacent to an activating group) is 1. The van der Waals surface area contributed by atoms with Gasteiger partial charge in [0.2, 0.25) is 5.91 Å². The van der Waals surface area contributed by atoms with Crippen molar-refractivity contribution in [3.05, 3.63) is 66.7 Å². The molecule has 2 heterocycles. The van der Waals surface area contributed by atoms with Crippen LogP contribution in [0.1, 0.15) is 12.0 Å². The molecule has 3 aromatic rings. The van der Waals surface area contributed by atoms with E-state index in [9.17, 15) is 4.79 Å². The van der Waals surface area contributed by atoms with Crippen LogP contribution in [0.15, 0.2) is 66.3 Å². The van der Waals surface area contributed by atoms with E-state index in [2.05, 4.69) is 22.5 Å². The summed E-state index contributed by atoms with van der Waals surface area (Å²) < 4.78 is 5.84. The minimum atomic E-state index is -0.163. The molecule has 0 saturated carbocycles. The maximum Gasteiger partial charge on any atom is 0.239 e. The third-order valence-electron chi connectivity index (χ3n) is 5.44. The Hall–Kier alpha value is -2.77. The number of carbonyl (C=O) groups is 1. The zero-order chi connectivity index (χ0) is 21.8. The molecule has 2 aromatic carbocycles. The zero-order valence-corrected chi connectivity index (χ0v) is 18.8. The molecule has 1 amide bonds. The van der Waals surface area contributed by atoms with Crippen LogP contribution < -0.4 is 4.74 Å². The number of nitrogens with zero attached hydrogens (tertiary/aromatic N) is 3. The number of para-hydroxylation sites is 3. The molecule has 7 heteroatoms. The van der Waals surface area contributed by atoms with Crippen molar-refractivity contribution in [3.8, 4) is 5.75 Å². The van der Waals surface area contributed by atoms with E-state index in [0.717, 1.165) is 40.5 Å². The first kappa shape index (κ1) is 21.5.